The van der Waals surface area contributed by atoms with Crippen LogP contribution in [0.2, 0.25) is 10.0 Å². The van der Waals surface area contributed by atoms with Gasteiger partial charge in [0.1, 0.15) is 11.4 Å². The van der Waals surface area contributed by atoms with Crippen LogP contribution in [0.3, 0.4) is 0 Å². The molecule has 0 aliphatic rings. The number of nitrogens with one attached hydrogen (secondary N) is 1. The minimum atomic E-state index is -0.509. The summed E-state index contributed by atoms with van der Waals surface area (Å²) in [6, 6.07) is 9.34. The van der Waals surface area contributed by atoms with E-state index in [1.54, 1.807) is 24.3 Å². The van der Waals surface area contributed by atoms with E-state index in [0.717, 1.165) is 0 Å². The summed E-state index contributed by atoms with van der Waals surface area (Å²) in [5.74, 6) is 0.527. The summed E-state index contributed by atoms with van der Waals surface area (Å²) in [5, 5.41) is 14.7. The van der Waals surface area contributed by atoms with E-state index in [1.165, 1.54) is 19.2 Å². The van der Waals surface area contributed by atoms with Gasteiger partial charge in [0.2, 0.25) is 0 Å². The average molecular weight is 313 g/mol. The Morgan fingerprint density at radius 2 is 1.75 bits per heavy atom. The van der Waals surface area contributed by atoms with Crippen LogP contribution < -0.4 is 10.1 Å². The highest BCUT2D eigenvalue weighted by Crippen LogP contribution is 2.35. The molecule has 2 aromatic carbocycles. The van der Waals surface area contributed by atoms with Crippen LogP contribution in [0.1, 0.15) is 0 Å². The predicted molar refractivity (Wildman–Crippen MR) is 79.4 cm³/mol. The second-order valence-corrected chi connectivity index (χ2v) is 4.76. The Morgan fingerprint density at radius 1 is 1.10 bits per heavy atom. The molecule has 0 bridgehead atoms. The van der Waals surface area contributed by atoms with Crippen molar-refractivity contribution in [1.29, 1.82) is 0 Å². The van der Waals surface area contributed by atoms with Gasteiger partial charge >= 0.3 is 0 Å². The molecule has 20 heavy (non-hydrogen) atoms. The van der Waals surface area contributed by atoms with Crippen molar-refractivity contribution in [2.24, 2.45) is 0 Å². The van der Waals surface area contributed by atoms with Gasteiger partial charge in [0.15, 0.2) is 0 Å². The van der Waals surface area contributed by atoms with Crippen molar-refractivity contribution in [3.05, 3.63) is 56.6 Å². The fraction of sp³-hybridized carbons (Fsp3) is 0.0769. The number of ether oxygens (including phenoxy) is 1. The number of rotatable bonds is 4. The Balaban J connectivity index is 2.44. The third-order valence-corrected chi connectivity index (χ3v) is 3.06. The van der Waals surface area contributed by atoms with Gasteiger partial charge < -0.3 is 10.1 Å². The van der Waals surface area contributed by atoms with Crippen LogP contribution in [0.5, 0.6) is 5.75 Å². The maximum Gasteiger partial charge on any atom is 0.294 e. The standard InChI is InChI=1S/C13H10Cl2N2O3/c1-20-13-5-3-8(14)6-11(13)16-10-4-2-9(15)7-12(10)17(18)19/h2-7,16H,1H3. The van der Waals surface area contributed by atoms with Gasteiger partial charge in [0, 0.05) is 16.1 Å². The zero-order valence-corrected chi connectivity index (χ0v) is 11.9. The highest BCUT2D eigenvalue weighted by molar-refractivity contribution is 6.31. The molecule has 7 heteroatoms. The first-order chi connectivity index (χ1) is 9.51. The van der Waals surface area contributed by atoms with Crippen LogP contribution in [-0.4, -0.2) is 12.0 Å². The Labute approximate surface area is 125 Å². The summed E-state index contributed by atoms with van der Waals surface area (Å²) in [5.41, 5.74) is 0.713. The van der Waals surface area contributed by atoms with Gasteiger partial charge in [-0.1, -0.05) is 23.2 Å². The van der Waals surface area contributed by atoms with Crippen molar-refractivity contribution in [3.8, 4) is 5.75 Å². The SMILES string of the molecule is COc1ccc(Cl)cc1Nc1ccc(Cl)cc1[N+](=O)[O-]. The maximum atomic E-state index is 11.0. The monoisotopic (exact) mass is 312 g/mol. The van der Waals surface area contributed by atoms with Gasteiger partial charge in [-0.25, -0.2) is 0 Å². The molecule has 0 amide bonds. The van der Waals surface area contributed by atoms with E-state index in [0.29, 0.717) is 27.2 Å². The highest BCUT2D eigenvalue weighted by Gasteiger charge is 2.16. The molecule has 0 saturated carbocycles. The van der Waals surface area contributed by atoms with Crippen LogP contribution in [-0.2, 0) is 0 Å². The molecule has 0 spiro atoms. The molecule has 2 rings (SSSR count). The van der Waals surface area contributed by atoms with E-state index < -0.39 is 4.92 Å². The van der Waals surface area contributed by atoms with Crippen LogP contribution in [0.25, 0.3) is 0 Å². The first-order valence-corrected chi connectivity index (χ1v) is 6.31. The Morgan fingerprint density at radius 3 is 2.40 bits per heavy atom. The molecule has 104 valence electrons. The molecule has 5 nitrogen and oxygen atoms in total. The molecular formula is C13H10Cl2N2O3. The lowest BCUT2D eigenvalue weighted by molar-refractivity contribution is -0.383. The Bertz CT molecular complexity index is 662. The van der Waals surface area contributed by atoms with E-state index in [4.69, 9.17) is 27.9 Å². The van der Waals surface area contributed by atoms with E-state index in [1.807, 2.05) is 0 Å². The fourth-order valence-electron chi connectivity index (χ4n) is 1.68. The number of nitro benzene ring substituents is 1. The van der Waals surface area contributed by atoms with E-state index in [2.05, 4.69) is 5.32 Å². The smallest absolute Gasteiger partial charge is 0.294 e. The molecule has 2 aromatic rings. The number of nitrogens with zero attached hydrogens (tertiary/aromatic N) is 1. The summed E-state index contributed by atoms with van der Waals surface area (Å²) in [6.45, 7) is 0. The zero-order valence-electron chi connectivity index (χ0n) is 10.4. The number of methoxy groups -OCH3 is 1. The molecule has 1 N–H and O–H groups in total. The topological polar surface area (TPSA) is 64.4 Å². The van der Waals surface area contributed by atoms with Gasteiger partial charge in [-0.3, -0.25) is 10.1 Å². The molecule has 0 saturated heterocycles. The van der Waals surface area contributed by atoms with Crippen molar-refractivity contribution in [3.63, 3.8) is 0 Å². The summed E-state index contributed by atoms with van der Waals surface area (Å²) < 4.78 is 5.18. The molecule has 0 aliphatic heterocycles. The molecule has 0 aliphatic carbocycles. The normalized spacial score (nSPS) is 10.2. The first-order valence-electron chi connectivity index (χ1n) is 5.56. The largest absolute Gasteiger partial charge is 0.495 e. The molecule has 0 heterocycles. The first kappa shape index (κ1) is 14.4. The Kier molecular flexibility index (Phi) is 4.32. The lowest BCUT2D eigenvalue weighted by atomic mass is 10.2. The van der Waals surface area contributed by atoms with Crippen LogP contribution in [0.15, 0.2) is 36.4 Å². The second-order valence-electron chi connectivity index (χ2n) is 3.89. The van der Waals surface area contributed by atoms with Crippen LogP contribution in [0, 0.1) is 10.1 Å². The van der Waals surface area contributed by atoms with Crippen molar-refractivity contribution in [2.45, 2.75) is 0 Å². The van der Waals surface area contributed by atoms with E-state index in [9.17, 15) is 10.1 Å². The van der Waals surface area contributed by atoms with Crippen molar-refractivity contribution < 1.29 is 9.66 Å². The predicted octanol–water partition coefficient (Wildman–Crippen LogP) is 4.65. The average Bonchev–Trinajstić information content (AvgIpc) is 2.41. The Hall–Kier alpha value is -1.98. The molecule has 0 aromatic heterocycles. The number of nitro groups is 1. The van der Waals surface area contributed by atoms with Gasteiger partial charge in [0.05, 0.1) is 17.7 Å². The van der Waals surface area contributed by atoms with Crippen molar-refractivity contribution in [2.75, 3.05) is 12.4 Å². The van der Waals surface area contributed by atoms with Gasteiger partial charge in [-0.2, -0.15) is 0 Å². The number of benzene rings is 2. The molecule has 0 atom stereocenters. The van der Waals surface area contributed by atoms with Gasteiger partial charge in [-0.15, -0.1) is 0 Å². The summed E-state index contributed by atoms with van der Waals surface area (Å²) in [7, 11) is 1.50. The molecule has 0 fully saturated rings. The fourth-order valence-corrected chi connectivity index (χ4v) is 2.02. The number of hydrogen-bond donors (Lipinski definition) is 1. The van der Waals surface area contributed by atoms with Crippen molar-refractivity contribution in [1.82, 2.24) is 0 Å². The van der Waals surface area contributed by atoms with Crippen molar-refractivity contribution >= 4 is 40.3 Å². The molecule has 0 unspecified atom stereocenters. The summed E-state index contributed by atoms with van der Waals surface area (Å²) in [6.07, 6.45) is 0. The third-order valence-electron chi connectivity index (χ3n) is 2.59. The minimum Gasteiger partial charge on any atom is -0.495 e. The van der Waals surface area contributed by atoms with E-state index in [-0.39, 0.29) is 5.69 Å². The third kappa shape index (κ3) is 3.12. The van der Waals surface area contributed by atoms with E-state index >= 15 is 0 Å². The van der Waals surface area contributed by atoms with Crippen LogP contribution in [0.4, 0.5) is 17.1 Å². The maximum absolute atomic E-state index is 11.0. The lowest BCUT2D eigenvalue weighted by Crippen LogP contribution is -1.99. The molecule has 0 radical (unpaired) electrons. The number of hydrogen-bond acceptors (Lipinski definition) is 4. The number of halogens is 2. The quantitative estimate of drug-likeness (QED) is 0.659. The summed E-state index contributed by atoms with van der Waals surface area (Å²) >= 11 is 11.7. The highest BCUT2D eigenvalue weighted by atomic mass is 35.5. The van der Waals surface area contributed by atoms with Gasteiger partial charge in [-0.05, 0) is 30.3 Å². The summed E-state index contributed by atoms with van der Waals surface area (Å²) in [4.78, 5) is 10.5. The minimum absolute atomic E-state index is 0.125. The van der Waals surface area contributed by atoms with Crippen LogP contribution >= 0.6 is 23.2 Å². The number of anilines is 2. The lowest BCUT2D eigenvalue weighted by Gasteiger charge is -2.11. The zero-order chi connectivity index (χ0) is 14.7. The molecular weight excluding hydrogens is 303 g/mol. The second kappa shape index (κ2) is 5.98. The van der Waals surface area contributed by atoms with Gasteiger partial charge in [0.25, 0.3) is 5.69 Å².